The Morgan fingerprint density at radius 2 is 1.81 bits per heavy atom. The van der Waals surface area contributed by atoms with Crippen molar-refractivity contribution in [2.24, 2.45) is 9.98 Å². The first-order valence-corrected chi connectivity index (χ1v) is 7.44. The molecule has 3 rings (SSSR count). The number of fused-ring (bicyclic) bond motifs is 1. The highest BCUT2D eigenvalue weighted by Crippen LogP contribution is 2.40. The summed E-state index contributed by atoms with van der Waals surface area (Å²) in [6.07, 6.45) is -0.703. The van der Waals surface area contributed by atoms with Crippen LogP contribution in [0.15, 0.2) is 58.2 Å². The van der Waals surface area contributed by atoms with Crippen molar-refractivity contribution >= 4 is 17.6 Å². The second kappa shape index (κ2) is 6.08. The van der Waals surface area contributed by atoms with Crippen molar-refractivity contribution < 1.29 is 27.1 Å². The molecule has 0 fully saturated rings. The lowest BCUT2D eigenvalue weighted by Crippen LogP contribution is -2.55. The molecule has 5 nitrogen and oxygen atoms in total. The van der Waals surface area contributed by atoms with Crippen LogP contribution in [-0.4, -0.2) is 41.5 Å². The Morgan fingerprint density at radius 1 is 1.15 bits per heavy atom. The van der Waals surface area contributed by atoms with Gasteiger partial charge in [0.05, 0.1) is 7.11 Å². The summed E-state index contributed by atoms with van der Waals surface area (Å²) < 4.78 is 58.9. The molecule has 2 aliphatic rings. The zero-order chi connectivity index (χ0) is 19.1. The van der Waals surface area contributed by atoms with Gasteiger partial charge in [-0.1, -0.05) is 6.08 Å². The highest BCUT2D eigenvalue weighted by atomic mass is 19.4. The van der Waals surface area contributed by atoms with Gasteiger partial charge in [0.2, 0.25) is 0 Å². The summed E-state index contributed by atoms with van der Waals surface area (Å²) in [5, 5.41) is 0. The summed E-state index contributed by atoms with van der Waals surface area (Å²) in [6.45, 7) is 1.74. The van der Waals surface area contributed by atoms with E-state index in [4.69, 9.17) is 0 Å². The van der Waals surface area contributed by atoms with Gasteiger partial charge in [-0.15, -0.1) is 0 Å². The van der Waals surface area contributed by atoms with E-state index in [0.29, 0.717) is 0 Å². The molecule has 26 heavy (non-hydrogen) atoms. The number of nitrogens with zero attached hydrogens (tertiary/aromatic N) is 3. The zero-order valence-corrected chi connectivity index (χ0v) is 13.7. The van der Waals surface area contributed by atoms with Gasteiger partial charge in [-0.05, 0) is 42.8 Å². The van der Waals surface area contributed by atoms with Crippen LogP contribution in [-0.2, 0) is 9.53 Å². The van der Waals surface area contributed by atoms with E-state index >= 15 is 0 Å². The fourth-order valence-electron chi connectivity index (χ4n) is 2.54. The van der Waals surface area contributed by atoms with Gasteiger partial charge in [0.15, 0.2) is 0 Å². The van der Waals surface area contributed by atoms with E-state index in [9.17, 15) is 22.4 Å². The minimum Gasteiger partial charge on any atom is -0.465 e. The zero-order valence-electron chi connectivity index (χ0n) is 13.7. The first-order valence-electron chi connectivity index (χ1n) is 7.44. The van der Waals surface area contributed by atoms with E-state index in [-0.39, 0.29) is 17.2 Å². The van der Waals surface area contributed by atoms with Crippen LogP contribution in [0.1, 0.15) is 12.5 Å². The Kier molecular flexibility index (Phi) is 4.17. The predicted octanol–water partition coefficient (Wildman–Crippen LogP) is 3.19. The molecular weight excluding hydrogens is 354 g/mol. The number of rotatable bonds is 2. The Morgan fingerprint density at radius 3 is 2.38 bits per heavy atom. The topological polar surface area (TPSA) is 54.3 Å². The Balaban J connectivity index is 2.27. The molecule has 0 bridgehead atoms. The number of halogens is 4. The monoisotopic (exact) mass is 367 g/mol. The van der Waals surface area contributed by atoms with Crippen molar-refractivity contribution in [3.05, 3.63) is 59.6 Å². The summed E-state index contributed by atoms with van der Waals surface area (Å²) >= 11 is 0. The molecule has 1 aromatic rings. The van der Waals surface area contributed by atoms with Crippen LogP contribution in [0.25, 0.3) is 0 Å². The molecule has 0 N–H and O–H groups in total. The molecule has 0 saturated carbocycles. The minimum atomic E-state index is -5.13. The van der Waals surface area contributed by atoms with Crippen molar-refractivity contribution in [3.63, 3.8) is 0 Å². The van der Waals surface area contributed by atoms with Gasteiger partial charge < -0.3 is 4.74 Å². The van der Waals surface area contributed by atoms with E-state index < -0.39 is 23.6 Å². The lowest BCUT2D eigenvalue weighted by Gasteiger charge is -2.36. The molecule has 0 saturated heterocycles. The summed E-state index contributed by atoms with van der Waals surface area (Å²) in [6, 6.07) is 4.73. The van der Waals surface area contributed by atoms with Gasteiger partial charge in [0, 0.05) is 11.8 Å². The van der Waals surface area contributed by atoms with Crippen molar-refractivity contribution in [2.75, 3.05) is 7.11 Å². The molecule has 1 atom stereocenters. The number of alkyl halides is 3. The van der Waals surface area contributed by atoms with E-state index in [1.807, 2.05) is 0 Å². The number of ether oxygens (including phenoxy) is 1. The molecule has 0 unspecified atom stereocenters. The maximum Gasteiger partial charge on any atom is 0.445 e. The van der Waals surface area contributed by atoms with Gasteiger partial charge in [0.1, 0.15) is 17.5 Å². The lowest BCUT2D eigenvalue weighted by molar-refractivity contribution is -0.202. The van der Waals surface area contributed by atoms with Crippen LogP contribution < -0.4 is 0 Å². The van der Waals surface area contributed by atoms with Gasteiger partial charge in [-0.25, -0.2) is 19.2 Å². The fourth-order valence-corrected chi connectivity index (χ4v) is 2.54. The number of methoxy groups -OCH3 is 1. The third-order valence-electron chi connectivity index (χ3n) is 3.81. The predicted molar refractivity (Wildman–Crippen MR) is 85.9 cm³/mol. The van der Waals surface area contributed by atoms with E-state index in [0.717, 1.165) is 24.8 Å². The molecule has 2 heterocycles. The largest absolute Gasteiger partial charge is 0.465 e. The number of carbonyl (C=O) groups is 1. The van der Waals surface area contributed by atoms with Gasteiger partial charge in [0.25, 0.3) is 0 Å². The number of benzene rings is 1. The Labute approximate surface area is 146 Å². The quantitative estimate of drug-likeness (QED) is 0.596. The van der Waals surface area contributed by atoms with Crippen LogP contribution >= 0.6 is 0 Å². The second-order valence-electron chi connectivity index (χ2n) is 5.65. The molecule has 0 amide bonds. The third kappa shape index (κ3) is 2.79. The molecule has 1 aromatic carbocycles. The van der Waals surface area contributed by atoms with Crippen LogP contribution in [0.3, 0.4) is 0 Å². The summed E-state index contributed by atoms with van der Waals surface area (Å²) in [7, 11) is 0.830. The smallest absolute Gasteiger partial charge is 0.445 e. The Bertz CT molecular complexity index is 869. The number of allylic oxidation sites excluding steroid dienone is 2. The van der Waals surface area contributed by atoms with Crippen molar-refractivity contribution in [1.82, 2.24) is 4.90 Å². The molecular formula is C17H13F4N3O2. The molecule has 9 heteroatoms. The summed E-state index contributed by atoms with van der Waals surface area (Å²) in [4.78, 5) is 20.5. The van der Waals surface area contributed by atoms with Crippen LogP contribution in [0.4, 0.5) is 17.6 Å². The Hall–Kier alpha value is -2.97. The number of hydrogen-bond acceptors (Lipinski definition) is 5. The molecule has 0 aliphatic carbocycles. The van der Waals surface area contributed by atoms with Gasteiger partial charge in [-0.3, -0.25) is 4.90 Å². The number of amidine groups is 2. The fraction of sp³-hybridized carbons (Fsp3) is 0.235. The summed E-state index contributed by atoms with van der Waals surface area (Å²) in [5.74, 6) is -2.54. The normalized spacial score (nSPS) is 22.2. The van der Waals surface area contributed by atoms with E-state index in [1.165, 1.54) is 29.3 Å². The van der Waals surface area contributed by atoms with Crippen LogP contribution in [0, 0.1) is 5.82 Å². The van der Waals surface area contributed by atoms with Crippen molar-refractivity contribution in [3.8, 4) is 0 Å². The second-order valence-corrected chi connectivity index (χ2v) is 5.65. The number of aliphatic imine (C=N–C) groups is 2. The highest BCUT2D eigenvalue weighted by molar-refractivity contribution is 6.17. The maximum atomic E-state index is 13.8. The number of carbonyl (C=O) groups excluding carboxylic acids is 1. The first kappa shape index (κ1) is 17.8. The summed E-state index contributed by atoms with van der Waals surface area (Å²) in [5.41, 5.74) is -2.51. The van der Waals surface area contributed by atoms with Gasteiger partial charge >= 0.3 is 17.8 Å². The minimum absolute atomic E-state index is 0.132. The van der Waals surface area contributed by atoms with Crippen molar-refractivity contribution in [2.45, 2.75) is 18.8 Å². The van der Waals surface area contributed by atoms with Crippen molar-refractivity contribution in [1.29, 1.82) is 0 Å². The van der Waals surface area contributed by atoms with Crippen LogP contribution in [0.2, 0.25) is 0 Å². The molecule has 0 spiro atoms. The number of esters is 1. The van der Waals surface area contributed by atoms with Gasteiger partial charge in [-0.2, -0.15) is 13.2 Å². The van der Waals surface area contributed by atoms with Crippen LogP contribution in [0.5, 0.6) is 0 Å². The molecule has 0 aromatic heterocycles. The third-order valence-corrected chi connectivity index (χ3v) is 3.81. The average Bonchev–Trinajstić information content (AvgIpc) is 2.60. The maximum absolute atomic E-state index is 13.8. The number of hydrogen-bond donors (Lipinski definition) is 0. The lowest BCUT2D eigenvalue weighted by atomic mass is 10.1. The molecule has 2 aliphatic heterocycles. The first-order chi connectivity index (χ1) is 12.2. The van der Waals surface area contributed by atoms with E-state index in [1.54, 1.807) is 13.0 Å². The highest BCUT2D eigenvalue weighted by Gasteiger charge is 2.64. The van der Waals surface area contributed by atoms with E-state index in [2.05, 4.69) is 14.7 Å². The SMILES string of the molecule is COC(=O)[C@@]1(C(F)(F)F)N=C2C=CC(C)=CN2C(c2ccc(F)cc2)=N1. The molecule has 0 radical (unpaired) electrons. The molecule has 136 valence electrons. The standard InChI is InChI=1S/C17H13F4N3O2/c1-10-3-8-13-22-16(15(25)26-2,17(19,20)21)23-14(24(13)9-10)11-4-6-12(18)7-5-11/h3-9H,1-2H3/t16-/m1/s1. The average molecular weight is 367 g/mol.